The molecule has 1 heterocycles. The number of rotatable bonds is 4. The summed E-state index contributed by atoms with van der Waals surface area (Å²) in [5.74, 6) is -0.624. The molecule has 0 unspecified atom stereocenters. The van der Waals surface area contributed by atoms with Crippen LogP contribution in [0.3, 0.4) is 0 Å². The molecule has 1 aliphatic carbocycles. The van der Waals surface area contributed by atoms with E-state index in [0.717, 1.165) is 16.8 Å². The van der Waals surface area contributed by atoms with Crippen molar-refractivity contribution in [1.29, 1.82) is 0 Å². The Bertz CT molecular complexity index is 1100. The smallest absolute Gasteiger partial charge is 0.336 e. The summed E-state index contributed by atoms with van der Waals surface area (Å²) >= 11 is 6.42. The molecular weight excluding hydrogens is 390 g/mol. The zero-order chi connectivity index (χ0) is 20.7. The van der Waals surface area contributed by atoms with Crippen LogP contribution in [0.1, 0.15) is 41.3 Å². The van der Waals surface area contributed by atoms with Crippen molar-refractivity contribution in [3.05, 3.63) is 81.0 Å². The van der Waals surface area contributed by atoms with Gasteiger partial charge in [0.25, 0.3) is 0 Å². The van der Waals surface area contributed by atoms with Gasteiger partial charge in [0.1, 0.15) is 5.75 Å². The van der Waals surface area contributed by atoms with E-state index in [2.05, 4.69) is 5.32 Å². The minimum Gasteiger partial charge on any atom is -0.492 e. The van der Waals surface area contributed by atoms with Gasteiger partial charge in [-0.15, -0.1) is 0 Å². The highest BCUT2D eigenvalue weighted by Gasteiger charge is 2.42. The normalized spacial score (nSPS) is 17.7. The van der Waals surface area contributed by atoms with Crippen LogP contribution < -0.4 is 10.1 Å². The molecule has 0 spiro atoms. The Morgan fingerprint density at radius 2 is 1.90 bits per heavy atom. The molecule has 148 valence electrons. The SMILES string of the molecule is CCOc1ccc([C@@H]2C(C(=O)OC)=C(C)NC3=C2C(=O)c2ccccc23)cc1Cl. The van der Waals surface area contributed by atoms with Crippen LogP contribution in [0.4, 0.5) is 0 Å². The molecular formula is C23H20ClNO4. The van der Waals surface area contributed by atoms with Crippen molar-refractivity contribution < 1.29 is 19.1 Å². The molecule has 6 heteroatoms. The van der Waals surface area contributed by atoms with E-state index in [1.807, 2.05) is 38.1 Å². The van der Waals surface area contributed by atoms with E-state index in [1.165, 1.54) is 7.11 Å². The number of Topliss-reactive ketones (excluding diaryl/α,β-unsaturated/α-hetero) is 1. The molecule has 0 radical (unpaired) electrons. The van der Waals surface area contributed by atoms with Crippen molar-refractivity contribution in [2.24, 2.45) is 0 Å². The molecule has 0 amide bonds. The first-order valence-electron chi connectivity index (χ1n) is 9.34. The predicted molar refractivity (Wildman–Crippen MR) is 111 cm³/mol. The predicted octanol–water partition coefficient (Wildman–Crippen LogP) is 4.48. The molecule has 4 rings (SSSR count). The second-order valence-corrected chi connectivity index (χ2v) is 7.28. The Kier molecular flexibility index (Phi) is 4.92. The molecule has 2 aromatic carbocycles. The van der Waals surface area contributed by atoms with Crippen LogP contribution in [0.5, 0.6) is 5.75 Å². The second kappa shape index (κ2) is 7.41. The molecule has 0 aromatic heterocycles. The summed E-state index contributed by atoms with van der Waals surface area (Å²) in [5, 5.41) is 3.68. The van der Waals surface area contributed by atoms with Crippen molar-refractivity contribution in [2.75, 3.05) is 13.7 Å². The van der Waals surface area contributed by atoms with Crippen molar-refractivity contribution >= 4 is 29.1 Å². The number of methoxy groups -OCH3 is 1. The summed E-state index contributed by atoms with van der Waals surface area (Å²) < 4.78 is 10.6. The van der Waals surface area contributed by atoms with Gasteiger partial charge in [0, 0.05) is 28.3 Å². The van der Waals surface area contributed by atoms with Crippen LogP contribution in [0.2, 0.25) is 5.02 Å². The quantitative estimate of drug-likeness (QED) is 0.754. The minimum absolute atomic E-state index is 0.105. The monoisotopic (exact) mass is 409 g/mol. The zero-order valence-electron chi connectivity index (χ0n) is 16.3. The summed E-state index contributed by atoms with van der Waals surface area (Å²) in [7, 11) is 1.33. The number of hydrogen-bond donors (Lipinski definition) is 1. The summed E-state index contributed by atoms with van der Waals surface area (Å²) in [6.07, 6.45) is 0. The molecule has 0 saturated carbocycles. The van der Waals surface area contributed by atoms with E-state index in [-0.39, 0.29) is 5.78 Å². The van der Waals surface area contributed by atoms with Crippen LogP contribution in [-0.4, -0.2) is 25.5 Å². The lowest BCUT2D eigenvalue weighted by Crippen LogP contribution is -2.29. The molecule has 1 aliphatic heterocycles. The van der Waals surface area contributed by atoms with Gasteiger partial charge in [-0.25, -0.2) is 4.79 Å². The van der Waals surface area contributed by atoms with Crippen molar-refractivity contribution in [3.8, 4) is 5.75 Å². The van der Waals surface area contributed by atoms with Crippen molar-refractivity contribution in [3.63, 3.8) is 0 Å². The zero-order valence-corrected chi connectivity index (χ0v) is 17.1. The van der Waals surface area contributed by atoms with Crippen LogP contribution >= 0.6 is 11.6 Å². The Hall–Kier alpha value is -3.05. The summed E-state index contributed by atoms with van der Waals surface area (Å²) in [4.78, 5) is 26.0. The number of ketones is 1. The summed E-state index contributed by atoms with van der Waals surface area (Å²) in [5.41, 5.74) is 4.48. The number of hydrogen-bond acceptors (Lipinski definition) is 5. The van der Waals surface area contributed by atoms with Crippen molar-refractivity contribution in [2.45, 2.75) is 19.8 Å². The maximum Gasteiger partial charge on any atom is 0.336 e. The molecule has 2 aromatic rings. The number of ether oxygens (including phenoxy) is 2. The maximum absolute atomic E-state index is 13.3. The molecule has 0 saturated heterocycles. The first kappa shape index (κ1) is 19.3. The number of fused-ring (bicyclic) bond motifs is 2. The molecule has 29 heavy (non-hydrogen) atoms. The van der Waals surface area contributed by atoms with Gasteiger partial charge in [-0.3, -0.25) is 4.79 Å². The average Bonchev–Trinajstić information content (AvgIpc) is 3.00. The van der Waals surface area contributed by atoms with Gasteiger partial charge in [0.15, 0.2) is 5.78 Å². The Balaban J connectivity index is 1.92. The molecule has 0 fully saturated rings. The van der Waals surface area contributed by atoms with E-state index >= 15 is 0 Å². The third-order valence-corrected chi connectivity index (χ3v) is 5.54. The minimum atomic E-state index is -0.591. The highest BCUT2D eigenvalue weighted by Crippen LogP contribution is 2.47. The first-order chi connectivity index (χ1) is 14.0. The molecule has 1 N–H and O–H groups in total. The number of halogens is 1. The fourth-order valence-corrected chi connectivity index (χ4v) is 4.26. The van der Waals surface area contributed by atoms with Gasteiger partial charge in [0.2, 0.25) is 0 Å². The van der Waals surface area contributed by atoms with E-state index in [9.17, 15) is 9.59 Å². The summed E-state index contributed by atoms with van der Waals surface area (Å²) in [6, 6.07) is 12.8. The lowest BCUT2D eigenvalue weighted by atomic mass is 9.80. The second-order valence-electron chi connectivity index (χ2n) is 6.87. The van der Waals surface area contributed by atoms with Gasteiger partial charge in [-0.2, -0.15) is 0 Å². The Labute approximate surface area is 174 Å². The fourth-order valence-electron chi connectivity index (χ4n) is 4.01. The number of esters is 1. The van der Waals surface area contributed by atoms with Crippen LogP contribution in [0, 0.1) is 0 Å². The van der Waals surface area contributed by atoms with Gasteiger partial charge in [-0.1, -0.05) is 41.9 Å². The maximum atomic E-state index is 13.3. The third kappa shape index (κ3) is 3.02. The van der Waals surface area contributed by atoms with Gasteiger partial charge < -0.3 is 14.8 Å². The van der Waals surface area contributed by atoms with Crippen LogP contribution in [0.25, 0.3) is 5.70 Å². The number of dihydropyridines is 1. The largest absolute Gasteiger partial charge is 0.492 e. The fraction of sp³-hybridized carbons (Fsp3) is 0.217. The van der Waals surface area contributed by atoms with Crippen LogP contribution in [-0.2, 0) is 9.53 Å². The molecule has 5 nitrogen and oxygen atoms in total. The van der Waals surface area contributed by atoms with Gasteiger partial charge >= 0.3 is 5.97 Å². The number of carbonyl (C=O) groups excluding carboxylic acids is 2. The third-order valence-electron chi connectivity index (χ3n) is 5.24. The van der Waals surface area contributed by atoms with Crippen molar-refractivity contribution in [1.82, 2.24) is 5.32 Å². The summed E-state index contributed by atoms with van der Waals surface area (Å²) in [6.45, 7) is 4.18. The number of nitrogens with one attached hydrogen (secondary N) is 1. The average molecular weight is 410 g/mol. The highest BCUT2D eigenvalue weighted by molar-refractivity contribution is 6.32. The molecule has 2 aliphatic rings. The van der Waals surface area contributed by atoms with E-state index in [0.29, 0.717) is 39.8 Å². The first-order valence-corrected chi connectivity index (χ1v) is 9.72. The lowest BCUT2D eigenvalue weighted by Gasteiger charge is -2.29. The van der Waals surface area contributed by atoms with Crippen LogP contribution in [0.15, 0.2) is 59.3 Å². The Morgan fingerprint density at radius 1 is 1.17 bits per heavy atom. The Morgan fingerprint density at radius 3 is 2.55 bits per heavy atom. The highest BCUT2D eigenvalue weighted by atomic mass is 35.5. The molecule has 0 bridgehead atoms. The number of allylic oxidation sites excluding steroid dienone is 2. The van der Waals surface area contributed by atoms with Gasteiger partial charge in [0.05, 0.1) is 30.0 Å². The lowest BCUT2D eigenvalue weighted by molar-refractivity contribution is -0.136. The topological polar surface area (TPSA) is 64.6 Å². The van der Waals surface area contributed by atoms with E-state index < -0.39 is 11.9 Å². The molecule has 1 atom stereocenters. The standard InChI is InChI=1S/C23H20ClNO4/c1-4-29-17-10-9-13(11-16(17)24)19-18(23(27)28-3)12(2)25-21-14-7-5-6-8-15(14)22(26)20(19)21/h5-11,19,25H,4H2,1-3H3/t19-/m1/s1. The number of benzene rings is 2. The van der Waals surface area contributed by atoms with Gasteiger partial charge in [-0.05, 0) is 31.5 Å². The number of carbonyl (C=O) groups is 2. The van der Waals surface area contributed by atoms with E-state index in [4.69, 9.17) is 21.1 Å². The van der Waals surface area contributed by atoms with E-state index in [1.54, 1.807) is 18.2 Å².